The van der Waals surface area contributed by atoms with Crippen molar-refractivity contribution in [3.63, 3.8) is 0 Å². The fourth-order valence-corrected chi connectivity index (χ4v) is 3.73. The van der Waals surface area contributed by atoms with Crippen LogP contribution in [-0.4, -0.2) is 30.3 Å². The van der Waals surface area contributed by atoms with Gasteiger partial charge in [-0.05, 0) is 37.8 Å². The van der Waals surface area contributed by atoms with Crippen LogP contribution in [0.25, 0.3) is 11.3 Å². The van der Waals surface area contributed by atoms with Crippen LogP contribution in [0.1, 0.15) is 36.0 Å². The lowest BCUT2D eigenvalue weighted by atomic mass is 9.87. The van der Waals surface area contributed by atoms with E-state index in [1.807, 2.05) is 5.38 Å². The number of methoxy groups -OCH3 is 1. The molecule has 140 valence electrons. The maximum absolute atomic E-state index is 12.7. The standard InChI is InChI=1S/C18H18F3NO3S/c1-24-16(23)12-4-2-11(3-5-12)15-10-26-17(22-15)25-14-8-6-13(7-9-14)18(19,20)21/h2-5,10,13-14H,6-9H2,1H3. The van der Waals surface area contributed by atoms with E-state index in [1.165, 1.54) is 18.4 Å². The van der Waals surface area contributed by atoms with Crippen molar-refractivity contribution in [3.05, 3.63) is 35.2 Å². The predicted octanol–water partition coefficient (Wildman–Crippen LogP) is 5.10. The minimum atomic E-state index is -4.12. The highest BCUT2D eigenvalue weighted by atomic mass is 32.1. The van der Waals surface area contributed by atoms with E-state index in [2.05, 4.69) is 9.72 Å². The molecule has 1 aliphatic carbocycles. The van der Waals surface area contributed by atoms with Crippen molar-refractivity contribution in [3.8, 4) is 16.5 Å². The Labute approximate surface area is 153 Å². The van der Waals surface area contributed by atoms with E-state index in [1.54, 1.807) is 24.3 Å². The zero-order chi connectivity index (χ0) is 18.7. The smallest absolute Gasteiger partial charge is 0.391 e. The fraction of sp³-hybridized carbons (Fsp3) is 0.444. The largest absolute Gasteiger partial charge is 0.467 e. The Kier molecular flexibility index (Phi) is 5.50. The van der Waals surface area contributed by atoms with E-state index in [0.29, 0.717) is 29.3 Å². The molecule has 0 aliphatic heterocycles. The summed E-state index contributed by atoms with van der Waals surface area (Å²) in [6.45, 7) is 0. The van der Waals surface area contributed by atoms with Gasteiger partial charge in [-0.3, -0.25) is 0 Å². The number of thiazole rings is 1. The molecule has 1 aromatic heterocycles. The number of ether oxygens (including phenoxy) is 2. The van der Waals surface area contributed by atoms with Gasteiger partial charge in [0.2, 0.25) is 0 Å². The second-order valence-corrected chi connectivity index (χ2v) is 7.02. The highest BCUT2D eigenvalue weighted by molar-refractivity contribution is 7.11. The number of carbonyl (C=O) groups excluding carboxylic acids is 1. The summed E-state index contributed by atoms with van der Waals surface area (Å²) in [4.78, 5) is 15.8. The molecule has 0 unspecified atom stereocenters. The second-order valence-electron chi connectivity index (χ2n) is 6.20. The maximum atomic E-state index is 12.7. The van der Waals surface area contributed by atoms with Gasteiger partial charge in [-0.15, -0.1) is 0 Å². The summed E-state index contributed by atoms with van der Waals surface area (Å²) in [6.07, 6.45) is -3.38. The third-order valence-corrected chi connectivity index (χ3v) is 5.22. The van der Waals surface area contributed by atoms with Gasteiger partial charge in [0.25, 0.3) is 5.19 Å². The van der Waals surface area contributed by atoms with Crippen molar-refractivity contribution in [1.82, 2.24) is 4.98 Å². The molecular formula is C18H18F3NO3S. The van der Waals surface area contributed by atoms with Crippen LogP contribution in [0.3, 0.4) is 0 Å². The predicted molar refractivity (Wildman–Crippen MR) is 91.3 cm³/mol. The van der Waals surface area contributed by atoms with Crippen LogP contribution in [0, 0.1) is 5.92 Å². The molecule has 4 nitrogen and oxygen atoms in total. The molecule has 26 heavy (non-hydrogen) atoms. The van der Waals surface area contributed by atoms with Gasteiger partial charge in [0.15, 0.2) is 0 Å². The highest BCUT2D eigenvalue weighted by Crippen LogP contribution is 2.39. The number of esters is 1. The minimum absolute atomic E-state index is 0.0986. The fourth-order valence-electron chi connectivity index (χ4n) is 2.99. The number of carbonyl (C=O) groups is 1. The summed E-state index contributed by atoms with van der Waals surface area (Å²) in [5.74, 6) is -1.63. The number of nitrogens with zero attached hydrogens (tertiary/aromatic N) is 1. The number of hydrogen-bond acceptors (Lipinski definition) is 5. The molecule has 3 rings (SSSR count). The van der Waals surface area contributed by atoms with Gasteiger partial charge in [-0.1, -0.05) is 23.5 Å². The van der Waals surface area contributed by atoms with Crippen molar-refractivity contribution in [2.45, 2.75) is 38.0 Å². The average molecular weight is 385 g/mol. The monoisotopic (exact) mass is 385 g/mol. The van der Waals surface area contributed by atoms with Gasteiger partial charge >= 0.3 is 12.1 Å². The van der Waals surface area contributed by atoms with E-state index in [9.17, 15) is 18.0 Å². The topological polar surface area (TPSA) is 48.4 Å². The first kappa shape index (κ1) is 18.7. The van der Waals surface area contributed by atoms with Crippen molar-refractivity contribution in [1.29, 1.82) is 0 Å². The summed E-state index contributed by atoms with van der Waals surface area (Å²) in [7, 11) is 1.32. The van der Waals surface area contributed by atoms with Crippen LogP contribution < -0.4 is 4.74 Å². The number of alkyl halides is 3. The molecule has 0 N–H and O–H groups in total. The van der Waals surface area contributed by atoms with Gasteiger partial charge in [-0.25, -0.2) is 9.78 Å². The van der Waals surface area contributed by atoms with E-state index in [0.717, 1.165) is 5.56 Å². The average Bonchev–Trinajstić information content (AvgIpc) is 3.09. The van der Waals surface area contributed by atoms with Crippen LogP contribution >= 0.6 is 11.3 Å². The lowest BCUT2D eigenvalue weighted by Gasteiger charge is -2.29. The van der Waals surface area contributed by atoms with Crippen molar-refractivity contribution in [2.75, 3.05) is 7.11 Å². The molecule has 0 saturated heterocycles. The minimum Gasteiger partial charge on any atom is -0.467 e. The van der Waals surface area contributed by atoms with Crippen LogP contribution in [0.4, 0.5) is 13.2 Å². The zero-order valence-electron chi connectivity index (χ0n) is 14.1. The molecule has 1 saturated carbocycles. The molecule has 1 fully saturated rings. The summed E-state index contributed by atoms with van der Waals surface area (Å²) in [5, 5.41) is 2.27. The van der Waals surface area contributed by atoms with E-state index in [-0.39, 0.29) is 18.9 Å². The van der Waals surface area contributed by atoms with Crippen molar-refractivity contribution >= 4 is 17.3 Å². The number of aromatic nitrogens is 1. The van der Waals surface area contributed by atoms with E-state index >= 15 is 0 Å². The van der Waals surface area contributed by atoms with Gasteiger partial charge in [0.05, 0.1) is 24.3 Å². The van der Waals surface area contributed by atoms with Crippen LogP contribution in [0.15, 0.2) is 29.6 Å². The Morgan fingerprint density at radius 3 is 2.38 bits per heavy atom. The molecule has 0 bridgehead atoms. The lowest BCUT2D eigenvalue weighted by Crippen LogP contribution is -2.31. The Morgan fingerprint density at radius 2 is 1.81 bits per heavy atom. The van der Waals surface area contributed by atoms with Gasteiger partial charge < -0.3 is 9.47 Å². The molecule has 8 heteroatoms. The normalized spacial score (nSPS) is 20.6. The first-order valence-electron chi connectivity index (χ1n) is 8.24. The molecule has 1 heterocycles. The number of rotatable bonds is 4. The maximum Gasteiger partial charge on any atom is 0.391 e. The van der Waals surface area contributed by atoms with Crippen molar-refractivity contribution < 1.29 is 27.4 Å². The zero-order valence-corrected chi connectivity index (χ0v) is 14.9. The van der Waals surface area contributed by atoms with Gasteiger partial charge in [0, 0.05) is 10.9 Å². The second kappa shape index (κ2) is 7.65. The molecule has 1 aliphatic rings. The summed E-state index contributed by atoms with van der Waals surface area (Å²) < 4.78 is 48.5. The molecule has 1 aromatic carbocycles. The summed E-state index contributed by atoms with van der Waals surface area (Å²) in [5.41, 5.74) is 1.97. The quantitative estimate of drug-likeness (QED) is 0.688. The molecule has 0 atom stereocenters. The first-order chi connectivity index (χ1) is 12.4. The Morgan fingerprint density at radius 1 is 1.15 bits per heavy atom. The summed E-state index contributed by atoms with van der Waals surface area (Å²) in [6, 6.07) is 6.83. The third-order valence-electron chi connectivity index (χ3n) is 4.49. The molecular weight excluding hydrogens is 367 g/mol. The summed E-state index contributed by atoms with van der Waals surface area (Å²) >= 11 is 1.31. The molecule has 0 spiro atoms. The van der Waals surface area contributed by atoms with Crippen LogP contribution in [0.2, 0.25) is 0 Å². The highest BCUT2D eigenvalue weighted by Gasteiger charge is 2.41. The molecule has 0 amide bonds. The number of halogens is 3. The number of hydrogen-bond donors (Lipinski definition) is 0. The van der Waals surface area contributed by atoms with Crippen molar-refractivity contribution in [2.24, 2.45) is 5.92 Å². The molecule has 0 radical (unpaired) electrons. The van der Waals surface area contributed by atoms with Gasteiger partial charge in [-0.2, -0.15) is 13.2 Å². The number of benzene rings is 1. The van der Waals surface area contributed by atoms with Gasteiger partial charge in [0.1, 0.15) is 6.10 Å². The Balaban J connectivity index is 1.59. The van der Waals surface area contributed by atoms with E-state index < -0.39 is 18.1 Å². The van der Waals surface area contributed by atoms with Crippen LogP contribution in [0.5, 0.6) is 5.19 Å². The lowest BCUT2D eigenvalue weighted by molar-refractivity contribution is -0.185. The SMILES string of the molecule is COC(=O)c1ccc(-c2csc(OC3CCC(C(F)(F)F)CC3)n2)cc1. The van der Waals surface area contributed by atoms with Crippen LogP contribution in [-0.2, 0) is 4.74 Å². The molecule has 2 aromatic rings. The first-order valence-corrected chi connectivity index (χ1v) is 9.12. The third kappa shape index (κ3) is 4.35. The van der Waals surface area contributed by atoms with E-state index in [4.69, 9.17) is 4.74 Å². The Bertz CT molecular complexity index is 750. The Hall–Kier alpha value is -2.09.